The standard InChI is InChI=1S/C44H50F2N2O6/c45-35-9-5-31(6-10-35)39-17-21-47(25-33(39)27-49-37-13-15-41-43(23-37)53-29-51-41)19-3-1-2-4-20-48-22-18-40(32-7-11-36(46)12-8-32)34(26-48)28-50-38-14-16-42-44(24-38)54-30-52-42/h5-16,23-24,33-34,39-40H,1-4,17-22,25-30H2. The van der Waals surface area contributed by atoms with Crippen molar-refractivity contribution in [3.8, 4) is 34.5 Å². The Morgan fingerprint density at radius 2 is 0.944 bits per heavy atom. The van der Waals surface area contributed by atoms with Gasteiger partial charge in [-0.05, 0) is 123 Å². The smallest absolute Gasteiger partial charge is 0.231 e. The molecule has 54 heavy (non-hydrogen) atoms. The van der Waals surface area contributed by atoms with Crippen LogP contribution in [0.15, 0.2) is 84.9 Å². The van der Waals surface area contributed by atoms with Gasteiger partial charge in [0.2, 0.25) is 13.6 Å². The molecule has 0 amide bonds. The molecule has 4 aliphatic heterocycles. The molecule has 0 N–H and O–H groups in total. The van der Waals surface area contributed by atoms with E-state index in [0.29, 0.717) is 36.5 Å². The predicted molar refractivity (Wildman–Crippen MR) is 202 cm³/mol. The Hall–Kier alpha value is -4.54. The molecule has 4 aliphatic rings. The zero-order valence-corrected chi connectivity index (χ0v) is 30.8. The molecule has 4 atom stereocenters. The Balaban J connectivity index is 0.802. The van der Waals surface area contributed by atoms with Gasteiger partial charge >= 0.3 is 0 Å². The summed E-state index contributed by atoms with van der Waals surface area (Å²) in [7, 11) is 0. The molecule has 10 heteroatoms. The monoisotopic (exact) mass is 740 g/mol. The maximum atomic E-state index is 13.8. The second-order valence-electron chi connectivity index (χ2n) is 15.1. The van der Waals surface area contributed by atoms with E-state index >= 15 is 0 Å². The van der Waals surface area contributed by atoms with E-state index < -0.39 is 0 Å². The number of hydrogen-bond donors (Lipinski definition) is 0. The SMILES string of the molecule is Fc1ccc(C2CCN(CCCCCCN3CCC(c4ccc(F)cc4)C(COc4ccc5c(c4)OCO5)C3)CC2COc2ccc3c(c2)OCO3)cc1. The van der Waals surface area contributed by atoms with Crippen molar-refractivity contribution in [3.05, 3.63) is 108 Å². The largest absolute Gasteiger partial charge is 0.493 e. The summed E-state index contributed by atoms with van der Waals surface area (Å²) in [6.45, 7) is 7.73. The second kappa shape index (κ2) is 17.3. The predicted octanol–water partition coefficient (Wildman–Crippen LogP) is 8.65. The van der Waals surface area contributed by atoms with Crippen LogP contribution in [0.2, 0.25) is 0 Å². The number of ether oxygens (including phenoxy) is 6. The first-order chi connectivity index (χ1) is 26.5. The van der Waals surface area contributed by atoms with Crippen LogP contribution in [-0.2, 0) is 0 Å². The summed E-state index contributed by atoms with van der Waals surface area (Å²) in [4.78, 5) is 5.16. The number of hydrogen-bond acceptors (Lipinski definition) is 8. The van der Waals surface area contributed by atoms with Crippen molar-refractivity contribution in [2.75, 3.05) is 66.1 Å². The highest BCUT2D eigenvalue weighted by atomic mass is 19.1. The first-order valence-electron chi connectivity index (χ1n) is 19.5. The van der Waals surface area contributed by atoms with Crippen molar-refractivity contribution < 1.29 is 37.2 Å². The average molecular weight is 741 g/mol. The normalized spacial score (nSPS) is 22.3. The molecule has 0 aromatic heterocycles. The molecule has 0 aliphatic carbocycles. The third-order valence-electron chi connectivity index (χ3n) is 11.5. The Kier molecular flexibility index (Phi) is 11.7. The number of halogens is 2. The fourth-order valence-electron chi connectivity index (χ4n) is 8.62. The second-order valence-corrected chi connectivity index (χ2v) is 15.1. The van der Waals surface area contributed by atoms with Gasteiger partial charge in [0.05, 0.1) is 13.2 Å². The van der Waals surface area contributed by atoms with E-state index in [1.165, 1.54) is 24.0 Å². The maximum absolute atomic E-state index is 13.8. The zero-order valence-electron chi connectivity index (χ0n) is 30.8. The molecule has 0 radical (unpaired) electrons. The third-order valence-corrected chi connectivity index (χ3v) is 11.5. The summed E-state index contributed by atoms with van der Waals surface area (Å²) in [5.74, 6) is 5.27. The van der Waals surface area contributed by atoms with Crippen LogP contribution >= 0.6 is 0 Å². The highest BCUT2D eigenvalue weighted by Crippen LogP contribution is 2.39. The number of piperidine rings is 2. The molecule has 286 valence electrons. The zero-order chi connectivity index (χ0) is 36.7. The van der Waals surface area contributed by atoms with Gasteiger partial charge in [0.1, 0.15) is 23.1 Å². The Morgan fingerprint density at radius 1 is 0.519 bits per heavy atom. The number of unbranched alkanes of at least 4 members (excludes halogenated alkanes) is 3. The quantitative estimate of drug-likeness (QED) is 0.112. The average Bonchev–Trinajstić information content (AvgIpc) is 3.88. The molecule has 2 saturated heterocycles. The molecule has 0 bridgehead atoms. The lowest BCUT2D eigenvalue weighted by molar-refractivity contribution is 0.106. The van der Waals surface area contributed by atoms with Crippen LogP contribution in [0.25, 0.3) is 0 Å². The van der Waals surface area contributed by atoms with Gasteiger partial charge in [-0.2, -0.15) is 0 Å². The van der Waals surface area contributed by atoms with Crippen LogP contribution in [0.3, 0.4) is 0 Å². The molecule has 4 aromatic rings. The Labute approximate surface area is 316 Å². The van der Waals surface area contributed by atoms with E-state index in [4.69, 9.17) is 28.4 Å². The minimum Gasteiger partial charge on any atom is -0.493 e. The summed E-state index contributed by atoms with van der Waals surface area (Å²) >= 11 is 0. The molecule has 8 nitrogen and oxygen atoms in total. The van der Waals surface area contributed by atoms with Crippen molar-refractivity contribution in [1.29, 1.82) is 0 Å². The van der Waals surface area contributed by atoms with Crippen molar-refractivity contribution in [1.82, 2.24) is 9.80 Å². The topological polar surface area (TPSA) is 61.9 Å². The van der Waals surface area contributed by atoms with Crippen LogP contribution < -0.4 is 28.4 Å². The third kappa shape index (κ3) is 9.04. The van der Waals surface area contributed by atoms with Crippen LogP contribution in [0.1, 0.15) is 61.5 Å². The van der Waals surface area contributed by atoms with Gasteiger partial charge in [0.15, 0.2) is 23.0 Å². The number of likely N-dealkylation sites (tertiary alicyclic amines) is 2. The van der Waals surface area contributed by atoms with E-state index in [2.05, 4.69) is 9.80 Å². The molecule has 0 spiro atoms. The Morgan fingerprint density at radius 3 is 1.39 bits per heavy atom. The maximum Gasteiger partial charge on any atom is 0.231 e. The van der Waals surface area contributed by atoms with E-state index in [1.807, 2.05) is 60.7 Å². The van der Waals surface area contributed by atoms with Crippen molar-refractivity contribution in [3.63, 3.8) is 0 Å². The first kappa shape index (κ1) is 36.4. The van der Waals surface area contributed by atoms with Crippen LogP contribution in [0.4, 0.5) is 8.78 Å². The van der Waals surface area contributed by atoms with Crippen molar-refractivity contribution in [2.45, 2.75) is 50.4 Å². The summed E-state index contributed by atoms with van der Waals surface area (Å²) in [6, 6.07) is 25.5. The van der Waals surface area contributed by atoms with E-state index in [1.54, 1.807) is 24.3 Å². The summed E-state index contributed by atoms with van der Waals surface area (Å²) in [6.07, 6.45) is 6.76. The van der Waals surface area contributed by atoms with Gasteiger partial charge in [-0.15, -0.1) is 0 Å². The fourth-order valence-corrected chi connectivity index (χ4v) is 8.62. The van der Waals surface area contributed by atoms with Crippen LogP contribution in [0.5, 0.6) is 34.5 Å². The number of fused-ring (bicyclic) bond motifs is 2. The van der Waals surface area contributed by atoms with Gasteiger partial charge in [-0.3, -0.25) is 0 Å². The summed E-state index contributed by atoms with van der Waals surface area (Å²) in [5, 5.41) is 0. The highest BCUT2D eigenvalue weighted by molar-refractivity contribution is 5.47. The van der Waals surface area contributed by atoms with Crippen molar-refractivity contribution >= 4 is 0 Å². The lowest BCUT2D eigenvalue weighted by atomic mass is 9.80. The number of rotatable bonds is 15. The molecular formula is C44H50F2N2O6. The van der Waals surface area contributed by atoms with Gasteiger partial charge in [-0.1, -0.05) is 37.1 Å². The van der Waals surface area contributed by atoms with E-state index in [0.717, 1.165) is 87.9 Å². The molecule has 4 unspecified atom stereocenters. The molecule has 0 saturated carbocycles. The van der Waals surface area contributed by atoms with Crippen LogP contribution in [0, 0.1) is 23.5 Å². The lowest BCUT2D eigenvalue weighted by Gasteiger charge is -2.39. The highest BCUT2D eigenvalue weighted by Gasteiger charge is 2.32. The summed E-state index contributed by atoms with van der Waals surface area (Å²) < 4.78 is 62.2. The fraction of sp³-hybridized carbons (Fsp3) is 0.455. The minimum absolute atomic E-state index is 0.203. The van der Waals surface area contributed by atoms with Crippen molar-refractivity contribution in [2.24, 2.45) is 11.8 Å². The van der Waals surface area contributed by atoms with Gasteiger partial charge < -0.3 is 38.2 Å². The molecule has 8 rings (SSSR count). The Bertz CT molecular complexity index is 1690. The molecule has 4 heterocycles. The van der Waals surface area contributed by atoms with E-state index in [-0.39, 0.29) is 37.1 Å². The summed E-state index contributed by atoms with van der Waals surface area (Å²) in [5.41, 5.74) is 2.36. The molecular weight excluding hydrogens is 690 g/mol. The lowest BCUT2D eigenvalue weighted by Crippen LogP contribution is -2.42. The van der Waals surface area contributed by atoms with Crippen LogP contribution in [-0.4, -0.2) is 75.9 Å². The van der Waals surface area contributed by atoms with Gasteiger partial charge in [0, 0.05) is 37.1 Å². The van der Waals surface area contributed by atoms with E-state index in [9.17, 15) is 8.78 Å². The number of benzene rings is 4. The number of nitrogens with zero attached hydrogens (tertiary/aromatic N) is 2. The molecule has 2 fully saturated rings. The minimum atomic E-state index is -0.203. The van der Waals surface area contributed by atoms with Gasteiger partial charge in [-0.25, -0.2) is 8.78 Å². The van der Waals surface area contributed by atoms with Gasteiger partial charge in [0.25, 0.3) is 0 Å². The molecule has 4 aromatic carbocycles. The first-order valence-corrected chi connectivity index (χ1v) is 19.5.